The number of ether oxygens (including phenoxy) is 1. The summed E-state index contributed by atoms with van der Waals surface area (Å²) in [6.07, 6.45) is 7.26. The predicted molar refractivity (Wildman–Crippen MR) is 66.4 cm³/mol. The highest BCUT2D eigenvalue weighted by Gasteiger charge is 2.28. The Bertz CT molecular complexity index is 239. The van der Waals surface area contributed by atoms with E-state index in [1.54, 1.807) is 7.11 Å². The third kappa shape index (κ3) is 3.75. The number of Topliss-reactive ketones (excluding diaryl/α,β-unsaturated/α-hetero) is 1. The van der Waals surface area contributed by atoms with Crippen molar-refractivity contribution in [1.82, 2.24) is 0 Å². The van der Waals surface area contributed by atoms with E-state index >= 15 is 0 Å². The summed E-state index contributed by atoms with van der Waals surface area (Å²) in [5.41, 5.74) is 1.02. The zero-order valence-corrected chi connectivity index (χ0v) is 10.6. The van der Waals surface area contributed by atoms with Gasteiger partial charge in [0, 0.05) is 13.5 Å². The number of carbonyl (C=O) groups excluding carboxylic acids is 1. The molecule has 1 unspecified atom stereocenters. The van der Waals surface area contributed by atoms with E-state index < -0.39 is 0 Å². The number of hydrogen-bond donors (Lipinski definition) is 0. The van der Waals surface area contributed by atoms with Crippen molar-refractivity contribution in [2.75, 3.05) is 7.11 Å². The maximum Gasteiger partial charge on any atom is 0.165 e. The minimum Gasteiger partial charge on any atom is -0.373 e. The molecule has 1 atom stereocenters. The van der Waals surface area contributed by atoms with E-state index in [1.807, 2.05) is 6.92 Å². The highest BCUT2D eigenvalue weighted by molar-refractivity contribution is 5.85. The molecule has 0 aromatic carbocycles. The van der Waals surface area contributed by atoms with E-state index in [0.717, 1.165) is 24.8 Å². The van der Waals surface area contributed by atoms with Gasteiger partial charge in [0.25, 0.3) is 0 Å². The number of carbonyl (C=O) groups is 1. The topological polar surface area (TPSA) is 26.3 Å². The Kier molecular flexibility index (Phi) is 5.75. The van der Waals surface area contributed by atoms with Gasteiger partial charge < -0.3 is 4.74 Å². The molecule has 0 N–H and O–H groups in total. The van der Waals surface area contributed by atoms with Crippen LogP contribution in [0, 0.1) is 5.92 Å². The van der Waals surface area contributed by atoms with Crippen LogP contribution < -0.4 is 0 Å². The van der Waals surface area contributed by atoms with Gasteiger partial charge in [-0.05, 0) is 25.2 Å². The smallest absolute Gasteiger partial charge is 0.165 e. The van der Waals surface area contributed by atoms with Gasteiger partial charge in [0.2, 0.25) is 0 Å². The first kappa shape index (κ1) is 13.4. The van der Waals surface area contributed by atoms with Gasteiger partial charge in [-0.3, -0.25) is 4.79 Å². The molecule has 1 aliphatic rings. The first-order chi connectivity index (χ1) is 7.69. The standard InChI is InChI=1S/C14H24O2/c1-4-11(2)10-13(15)14(16-3)12-8-6-5-7-9-12/h12,14H,2,4-10H2,1,3H3. The molecule has 0 bridgehead atoms. The van der Waals surface area contributed by atoms with E-state index in [-0.39, 0.29) is 11.9 Å². The van der Waals surface area contributed by atoms with Crippen LogP contribution in [0.3, 0.4) is 0 Å². The summed E-state index contributed by atoms with van der Waals surface area (Å²) in [6, 6.07) is 0. The SMILES string of the molecule is C=C(CC)CC(=O)C(OC)C1CCCCC1. The molecule has 0 aromatic rings. The molecule has 1 rings (SSSR count). The van der Waals surface area contributed by atoms with Gasteiger partial charge in [-0.1, -0.05) is 38.3 Å². The summed E-state index contributed by atoms with van der Waals surface area (Å²) in [7, 11) is 1.66. The number of rotatable bonds is 6. The van der Waals surface area contributed by atoms with Gasteiger partial charge in [-0.15, -0.1) is 0 Å². The summed E-state index contributed by atoms with van der Waals surface area (Å²) in [4.78, 5) is 12.1. The normalized spacial score (nSPS) is 19.4. The van der Waals surface area contributed by atoms with Crippen molar-refractivity contribution in [3.05, 3.63) is 12.2 Å². The maximum atomic E-state index is 12.1. The van der Waals surface area contributed by atoms with Crippen molar-refractivity contribution in [2.24, 2.45) is 5.92 Å². The number of hydrogen-bond acceptors (Lipinski definition) is 2. The molecule has 92 valence electrons. The molecule has 0 saturated heterocycles. The van der Waals surface area contributed by atoms with Gasteiger partial charge in [0.15, 0.2) is 5.78 Å². The second-order valence-electron chi connectivity index (χ2n) is 4.80. The molecule has 0 aromatic heterocycles. The fourth-order valence-corrected chi connectivity index (χ4v) is 2.50. The fourth-order valence-electron chi connectivity index (χ4n) is 2.50. The zero-order chi connectivity index (χ0) is 12.0. The summed E-state index contributed by atoms with van der Waals surface area (Å²) in [6.45, 7) is 5.94. The Balaban J connectivity index is 2.51. The Morgan fingerprint density at radius 2 is 2.00 bits per heavy atom. The molecular weight excluding hydrogens is 200 g/mol. The van der Waals surface area contributed by atoms with Crippen molar-refractivity contribution in [2.45, 2.75) is 58.0 Å². The van der Waals surface area contributed by atoms with Crippen molar-refractivity contribution < 1.29 is 9.53 Å². The highest BCUT2D eigenvalue weighted by Crippen LogP contribution is 2.29. The molecular formula is C14H24O2. The lowest BCUT2D eigenvalue weighted by Crippen LogP contribution is -2.33. The molecule has 16 heavy (non-hydrogen) atoms. The van der Waals surface area contributed by atoms with E-state index in [1.165, 1.54) is 19.3 Å². The summed E-state index contributed by atoms with van der Waals surface area (Å²) < 4.78 is 5.41. The Hall–Kier alpha value is -0.630. The third-order valence-corrected chi connectivity index (χ3v) is 3.57. The van der Waals surface area contributed by atoms with Gasteiger partial charge in [0.1, 0.15) is 6.10 Å². The molecule has 0 radical (unpaired) electrons. The van der Waals surface area contributed by atoms with Gasteiger partial charge >= 0.3 is 0 Å². The Morgan fingerprint density at radius 3 is 2.50 bits per heavy atom. The lowest BCUT2D eigenvalue weighted by atomic mass is 9.82. The monoisotopic (exact) mass is 224 g/mol. The summed E-state index contributed by atoms with van der Waals surface area (Å²) in [5.74, 6) is 0.664. The fraction of sp³-hybridized carbons (Fsp3) is 0.786. The van der Waals surface area contributed by atoms with Gasteiger partial charge in [0.05, 0.1) is 0 Å². The van der Waals surface area contributed by atoms with E-state index in [9.17, 15) is 4.79 Å². The van der Waals surface area contributed by atoms with Crippen LogP contribution in [0.5, 0.6) is 0 Å². The average molecular weight is 224 g/mol. The summed E-state index contributed by atoms with van der Waals surface area (Å²) >= 11 is 0. The number of methoxy groups -OCH3 is 1. The molecule has 1 fully saturated rings. The van der Waals surface area contributed by atoms with Crippen molar-refractivity contribution in [1.29, 1.82) is 0 Å². The molecule has 0 aliphatic heterocycles. The molecule has 2 heteroatoms. The largest absolute Gasteiger partial charge is 0.373 e. The average Bonchev–Trinajstić information content (AvgIpc) is 2.31. The molecule has 1 aliphatic carbocycles. The predicted octanol–water partition coefficient (Wildman–Crippen LogP) is 3.51. The van der Waals surface area contributed by atoms with E-state index in [4.69, 9.17) is 4.74 Å². The van der Waals surface area contributed by atoms with Crippen LogP contribution in [-0.2, 0) is 9.53 Å². The van der Waals surface area contributed by atoms with Gasteiger partial charge in [-0.25, -0.2) is 0 Å². The molecule has 0 spiro atoms. The van der Waals surface area contributed by atoms with Crippen LogP contribution in [0.15, 0.2) is 12.2 Å². The number of allylic oxidation sites excluding steroid dienone is 1. The minimum absolute atomic E-state index is 0.191. The van der Waals surface area contributed by atoms with Gasteiger partial charge in [-0.2, -0.15) is 0 Å². The zero-order valence-electron chi connectivity index (χ0n) is 10.6. The first-order valence-corrected chi connectivity index (χ1v) is 6.41. The van der Waals surface area contributed by atoms with Crippen LogP contribution in [0.4, 0.5) is 0 Å². The minimum atomic E-state index is -0.191. The molecule has 1 saturated carbocycles. The van der Waals surface area contributed by atoms with Crippen molar-refractivity contribution in [3.63, 3.8) is 0 Å². The van der Waals surface area contributed by atoms with Crippen molar-refractivity contribution in [3.8, 4) is 0 Å². The van der Waals surface area contributed by atoms with Crippen LogP contribution >= 0.6 is 0 Å². The van der Waals surface area contributed by atoms with Crippen LogP contribution in [0.25, 0.3) is 0 Å². The molecule has 2 nitrogen and oxygen atoms in total. The van der Waals surface area contributed by atoms with Crippen LogP contribution in [-0.4, -0.2) is 19.0 Å². The maximum absolute atomic E-state index is 12.1. The first-order valence-electron chi connectivity index (χ1n) is 6.41. The van der Waals surface area contributed by atoms with E-state index in [2.05, 4.69) is 6.58 Å². The van der Waals surface area contributed by atoms with E-state index in [0.29, 0.717) is 12.3 Å². The second-order valence-corrected chi connectivity index (χ2v) is 4.80. The highest BCUT2D eigenvalue weighted by atomic mass is 16.5. The summed E-state index contributed by atoms with van der Waals surface area (Å²) in [5, 5.41) is 0. The lowest BCUT2D eigenvalue weighted by Gasteiger charge is -2.28. The third-order valence-electron chi connectivity index (χ3n) is 3.57. The second kappa shape index (κ2) is 6.85. The molecule has 0 amide bonds. The molecule has 0 heterocycles. The Labute approximate surface area is 99.1 Å². The Morgan fingerprint density at radius 1 is 1.38 bits per heavy atom. The quantitative estimate of drug-likeness (QED) is 0.645. The number of ketones is 1. The van der Waals surface area contributed by atoms with Crippen LogP contribution in [0.1, 0.15) is 51.9 Å². The lowest BCUT2D eigenvalue weighted by molar-refractivity contribution is -0.132. The van der Waals surface area contributed by atoms with Crippen LogP contribution in [0.2, 0.25) is 0 Å². The van der Waals surface area contributed by atoms with Crippen molar-refractivity contribution >= 4 is 5.78 Å².